The van der Waals surface area contributed by atoms with Crippen LogP contribution in [0.15, 0.2) is 24.5 Å². The molecule has 0 amide bonds. The molecule has 2 aromatic heterocycles. The van der Waals surface area contributed by atoms with Crippen LogP contribution in [0, 0.1) is 0 Å². The topological polar surface area (TPSA) is 73.6 Å². The van der Waals surface area contributed by atoms with E-state index in [0.717, 1.165) is 0 Å². The maximum absolute atomic E-state index is 11.7. The van der Waals surface area contributed by atoms with Crippen LogP contribution in [0.5, 0.6) is 0 Å². The van der Waals surface area contributed by atoms with E-state index in [2.05, 4.69) is 20.4 Å². The minimum Gasteiger partial charge on any atom is -0.285 e. The van der Waals surface area contributed by atoms with Crippen molar-refractivity contribution in [3.63, 3.8) is 0 Å². The first kappa shape index (κ1) is 8.49. The molecule has 2 aromatic rings. The maximum atomic E-state index is 11.7. The summed E-state index contributed by atoms with van der Waals surface area (Å²) in [6, 6.07) is 3.22. The third kappa shape index (κ3) is 1.49. The van der Waals surface area contributed by atoms with E-state index in [0.29, 0.717) is 5.56 Å². The average Bonchev–Trinajstić information content (AvgIpc) is 2.65. The van der Waals surface area contributed by atoms with Crippen LogP contribution >= 0.6 is 0 Å². The molecule has 6 nitrogen and oxygen atoms in total. The lowest BCUT2D eigenvalue weighted by Crippen LogP contribution is -2.04. The number of tetrazole rings is 1. The summed E-state index contributed by atoms with van der Waals surface area (Å²) in [4.78, 5) is 16.7. The summed E-state index contributed by atoms with van der Waals surface area (Å²) >= 11 is 0. The molecule has 0 aliphatic carbocycles. The highest BCUT2D eigenvalue weighted by Crippen LogP contribution is 2.02. The predicted octanol–water partition coefficient (Wildman–Crippen LogP) is -0.164. The fourth-order valence-electron chi connectivity index (χ4n) is 1.01. The Kier molecular flexibility index (Phi) is 2.02. The molecule has 0 spiro atoms. The fraction of sp³-hybridized carbons (Fsp3) is 0.125. The Bertz CT molecular complexity index is 450. The van der Waals surface area contributed by atoms with Crippen LogP contribution < -0.4 is 0 Å². The third-order valence-corrected chi connectivity index (χ3v) is 1.65. The highest BCUT2D eigenvalue weighted by Gasteiger charge is 2.13. The second kappa shape index (κ2) is 3.33. The minimum atomic E-state index is -0.250. The Balaban J connectivity index is 2.34. The van der Waals surface area contributed by atoms with E-state index < -0.39 is 0 Å². The van der Waals surface area contributed by atoms with Crippen molar-refractivity contribution in [2.24, 2.45) is 7.05 Å². The van der Waals surface area contributed by atoms with Crippen molar-refractivity contribution in [1.29, 1.82) is 0 Å². The third-order valence-electron chi connectivity index (χ3n) is 1.65. The number of ketones is 1. The molecule has 0 bridgehead atoms. The van der Waals surface area contributed by atoms with Gasteiger partial charge in [-0.2, -0.15) is 4.80 Å². The van der Waals surface area contributed by atoms with Crippen molar-refractivity contribution in [1.82, 2.24) is 25.2 Å². The van der Waals surface area contributed by atoms with Crippen LogP contribution in [0.1, 0.15) is 16.2 Å². The summed E-state index contributed by atoms with van der Waals surface area (Å²) in [7, 11) is 1.61. The van der Waals surface area contributed by atoms with Gasteiger partial charge in [0.2, 0.25) is 11.6 Å². The van der Waals surface area contributed by atoms with Crippen LogP contribution in [-0.2, 0) is 7.05 Å². The molecule has 0 radical (unpaired) electrons. The molecular formula is C8H7N5O. The van der Waals surface area contributed by atoms with Gasteiger partial charge in [-0.1, -0.05) is 0 Å². The largest absolute Gasteiger partial charge is 0.285 e. The number of hydrogen-bond acceptors (Lipinski definition) is 5. The van der Waals surface area contributed by atoms with Gasteiger partial charge in [-0.15, -0.1) is 10.2 Å². The van der Waals surface area contributed by atoms with E-state index >= 15 is 0 Å². The summed E-state index contributed by atoms with van der Waals surface area (Å²) in [5.41, 5.74) is 0.507. The highest BCUT2D eigenvalue weighted by atomic mass is 16.1. The predicted molar refractivity (Wildman–Crippen MR) is 46.5 cm³/mol. The SMILES string of the molecule is Cn1nnc(C(=O)c2ccncc2)n1. The molecule has 0 unspecified atom stereocenters. The molecule has 0 aromatic carbocycles. The normalized spacial score (nSPS) is 10.1. The van der Waals surface area contributed by atoms with Gasteiger partial charge in [-0.05, 0) is 17.3 Å². The molecule has 0 aliphatic heterocycles. The molecule has 0 aliphatic rings. The molecule has 70 valence electrons. The van der Waals surface area contributed by atoms with E-state index in [1.54, 1.807) is 31.6 Å². The Hall–Kier alpha value is -2.11. The molecule has 2 rings (SSSR count). The minimum absolute atomic E-state index is 0.0960. The lowest BCUT2D eigenvalue weighted by molar-refractivity contribution is 0.102. The Labute approximate surface area is 79.6 Å². The number of carbonyl (C=O) groups is 1. The standard InChI is InChI=1S/C8H7N5O/c1-13-11-8(10-12-13)7(14)6-2-4-9-5-3-6/h2-5H,1H3. The van der Waals surface area contributed by atoms with Crippen molar-refractivity contribution < 1.29 is 4.79 Å². The second-order valence-electron chi connectivity index (χ2n) is 2.67. The van der Waals surface area contributed by atoms with Gasteiger partial charge >= 0.3 is 0 Å². The molecule has 14 heavy (non-hydrogen) atoms. The lowest BCUT2D eigenvalue weighted by atomic mass is 10.2. The fourth-order valence-corrected chi connectivity index (χ4v) is 1.01. The smallest absolute Gasteiger partial charge is 0.245 e. The molecule has 0 fully saturated rings. The summed E-state index contributed by atoms with van der Waals surface area (Å²) in [5.74, 6) is -0.154. The average molecular weight is 189 g/mol. The van der Waals surface area contributed by atoms with Crippen LogP contribution in [0.4, 0.5) is 0 Å². The van der Waals surface area contributed by atoms with Gasteiger partial charge < -0.3 is 0 Å². The molecule has 0 saturated carbocycles. The Morgan fingerprint density at radius 1 is 1.36 bits per heavy atom. The van der Waals surface area contributed by atoms with Gasteiger partial charge in [-0.25, -0.2) is 0 Å². The molecular weight excluding hydrogens is 182 g/mol. The van der Waals surface area contributed by atoms with Crippen molar-refractivity contribution in [3.8, 4) is 0 Å². The van der Waals surface area contributed by atoms with Crippen LogP contribution in [0.25, 0.3) is 0 Å². The van der Waals surface area contributed by atoms with Gasteiger partial charge in [0, 0.05) is 18.0 Å². The summed E-state index contributed by atoms with van der Waals surface area (Å²) < 4.78 is 0. The zero-order valence-electron chi connectivity index (χ0n) is 7.45. The van der Waals surface area contributed by atoms with E-state index in [-0.39, 0.29) is 11.6 Å². The first-order valence-electron chi connectivity index (χ1n) is 3.96. The van der Waals surface area contributed by atoms with E-state index in [1.807, 2.05) is 0 Å². The van der Waals surface area contributed by atoms with Crippen molar-refractivity contribution >= 4 is 5.78 Å². The number of rotatable bonds is 2. The zero-order chi connectivity index (χ0) is 9.97. The van der Waals surface area contributed by atoms with Crippen molar-refractivity contribution in [2.45, 2.75) is 0 Å². The van der Waals surface area contributed by atoms with Gasteiger partial charge in [0.1, 0.15) is 0 Å². The number of aromatic nitrogens is 5. The van der Waals surface area contributed by atoms with Gasteiger partial charge in [0.15, 0.2) is 0 Å². The lowest BCUT2D eigenvalue weighted by Gasteiger charge is -1.92. The number of aryl methyl sites for hydroxylation is 1. The van der Waals surface area contributed by atoms with Gasteiger partial charge in [0.05, 0.1) is 7.05 Å². The number of hydrogen-bond donors (Lipinski definition) is 0. The van der Waals surface area contributed by atoms with Crippen molar-refractivity contribution in [3.05, 3.63) is 35.9 Å². The quantitative estimate of drug-likeness (QED) is 0.613. The van der Waals surface area contributed by atoms with E-state index in [9.17, 15) is 4.79 Å². The Morgan fingerprint density at radius 2 is 2.07 bits per heavy atom. The number of carbonyl (C=O) groups excluding carboxylic acids is 1. The van der Waals surface area contributed by atoms with E-state index in [4.69, 9.17) is 0 Å². The van der Waals surface area contributed by atoms with Crippen LogP contribution in [0.2, 0.25) is 0 Å². The summed E-state index contributed by atoms with van der Waals surface area (Å²) in [5, 5.41) is 11.0. The van der Waals surface area contributed by atoms with E-state index in [1.165, 1.54) is 4.80 Å². The van der Waals surface area contributed by atoms with Gasteiger partial charge in [-0.3, -0.25) is 9.78 Å². The summed E-state index contributed by atoms with van der Waals surface area (Å²) in [6.45, 7) is 0. The van der Waals surface area contributed by atoms with Gasteiger partial charge in [0.25, 0.3) is 0 Å². The zero-order valence-corrected chi connectivity index (χ0v) is 7.45. The molecule has 0 saturated heterocycles. The first-order chi connectivity index (χ1) is 6.77. The molecule has 2 heterocycles. The maximum Gasteiger partial charge on any atom is 0.245 e. The van der Waals surface area contributed by atoms with Crippen LogP contribution in [-0.4, -0.2) is 31.0 Å². The molecule has 0 N–H and O–H groups in total. The highest BCUT2D eigenvalue weighted by molar-refractivity contribution is 6.06. The molecule has 0 atom stereocenters. The number of nitrogens with zero attached hydrogens (tertiary/aromatic N) is 5. The number of pyridine rings is 1. The Morgan fingerprint density at radius 3 is 2.64 bits per heavy atom. The van der Waals surface area contributed by atoms with Crippen LogP contribution in [0.3, 0.4) is 0 Å². The molecule has 6 heteroatoms. The second-order valence-corrected chi connectivity index (χ2v) is 2.67. The summed E-state index contributed by atoms with van der Waals surface area (Å²) in [6.07, 6.45) is 3.09. The monoisotopic (exact) mass is 189 g/mol. The first-order valence-corrected chi connectivity index (χ1v) is 3.96. The van der Waals surface area contributed by atoms with Crippen molar-refractivity contribution in [2.75, 3.05) is 0 Å².